The molecule has 0 saturated heterocycles. The standard InChI is InChI=1S/C20H22N2O2/c1-14(2)19(23)21-13-7-11-15-10-6-12-17-18(15)24-20(22-17)16-8-4-3-5-9-16/h3-6,8-10,12,14H,7,11,13H2,1-2H3,(H,21,23). The average molecular weight is 322 g/mol. The summed E-state index contributed by atoms with van der Waals surface area (Å²) in [6.07, 6.45) is 1.72. The predicted octanol–water partition coefficient (Wildman–Crippen LogP) is 4.20. The van der Waals surface area contributed by atoms with Crippen molar-refractivity contribution in [3.05, 3.63) is 54.1 Å². The Labute approximate surface area is 141 Å². The number of para-hydroxylation sites is 1. The molecule has 1 amide bonds. The topological polar surface area (TPSA) is 55.1 Å². The van der Waals surface area contributed by atoms with Gasteiger partial charge in [-0.05, 0) is 36.6 Å². The molecule has 0 aliphatic rings. The number of hydrogen-bond acceptors (Lipinski definition) is 3. The molecule has 4 heteroatoms. The molecule has 0 fully saturated rings. The van der Waals surface area contributed by atoms with Crippen molar-refractivity contribution in [2.24, 2.45) is 5.92 Å². The zero-order valence-electron chi connectivity index (χ0n) is 14.1. The fourth-order valence-corrected chi connectivity index (χ4v) is 2.60. The van der Waals surface area contributed by atoms with Gasteiger partial charge in [-0.3, -0.25) is 4.79 Å². The molecule has 4 nitrogen and oxygen atoms in total. The first-order chi connectivity index (χ1) is 11.6. The minimum Gasteiger partial charge on any atom is -0.436 e. The Bertz CT molecular complexity index is 822. The Morgan fingerprint density at radius 2 is 1.92 bits per heavy atom. The number of amides is 1. The smallest absolute Gasteiger partial charge is 0.227 e. The molecule has 0 bridgehead atoms. The monoisotopic (exact) mass is 322 g/mol. The lowest BCUT2D eigenvalue weighted by Gasteiger charge is -2.07. The summed E-state index contributed by atoms with van der Waals surface area (Å²) in [6, 6.07) is 15.9. The van der Waals surface area contributed by atoms with Gasteiger partial charge in [0.1, 0.15) is 5.52 Å². The van der Waals surface area contributed by atoms with Crippen molar-refractivity contribution >= 4 is 17.0 Å². The summed E-state index contributed by atoms with van der Waals surface area (Å²) in [5.41, 5.74) is 3.81. The highest BCUT2D eigenvalue weighted by Crippen LogP contribution is 2.26. The third-order valence-corrected chi connectivity index (χ3v) is 3.96. The summed E-state index contributed by atoms with van der Waals surface area (Å²) in [7, 11) is 0. The second-order valence-corrected chi connectivity index (χ2v) is 6.20. The van der Waals surface area contributed by atoms with Crippen LogP contribution in [0.15, 0.2) is 52.9 Å². The molecule has 0 aliphatic heterocycles. The molecule has 3 aromatic rings. The van der Waals surface area contributed by atoms with Crippen LogP contribution in [-0.2, 0) is 11.2 Å². The van der Waals surface area contributed by atoms with E-state index in [0.717, 1.165) is 35.1 Å². The number of carbonyl (C=O) groups is 1. The van der Waals surface area contributed by atoms with Gasteiger partial charge in [-0.2, -0.15) is 0 Å². The molecule has 1 heterocycles. The number of nitrogens with one attached hydrogen (secondary N) is 1. The first-order valence-corrected chi connectivity index (χ1v) is 8.36. The van der Waals surface area contributed by atoms with Crippen LogP contribution in [0, 0.1) is 5.92 Å². The van der Waals surface area contributed by atoms with Crippen molar-refractivity contribution in [1.29, 1.82) is 0 Å². The van der Waals surface area contributed by atoms with E-state index in [4.69, 9.17) is 4.42 Å². The zero-order valence-corrected chi connectivity index (χ0v) is 14.1. The van der Waals surface area contributed by atoms with Crippen LogP contribution in [0.4, 0.5) is 0 Å². The maximum Gasteiger partial charge on any atom is 0.227 e. The fourth-order valence-electron chi connectivity index (χ4n) is 2.60. The van der Waals surface area contributed by atoms with E-state index in [1.165, 1.54) is 0 Å². The molecule has 2 aromatic carbocycles. The van der Waals surface area contributed by atoms with Gasteiger partial charge >= 0.3 is 0 Å². The number of aryl methyl sites for hydroxylation is 1. The highest BCUT2D eigenvalue weighted by Gasteiger charge is 2.11. The van der Waals surface area contributed by atoms with E-state index < -0.39 is 0 Å². The van der Waals surface area contributed by atoms with Crippen molar-refractivity contribution in [3.63, 3.8) is 0 Å². The molecular weight excluding hydrogens is 300 g/mol. The third-order valence-electron chi connectivity index (χ3n) is 3.96. The van der Waals surface area contributed by atoms with E-state index in [2.05, 4.69) is 16.4 Å². The Kier molecular flexibility index (Phi) is 4.94. The van der Waals surface area contributed by atoms with Crippen molar-refractivity contribution in [2.45, 2.75) is 26.7 Å². The average Bonchev–Trinajstić information content (AvgIpc) is 3.04. The summed E-state index contributed by atoms with van der Waals surface area (Å²) < 4.78 is 6.00. The summed E-state index contributed by atoms with van der Waals surface area (Å²) in [5, 5.41) is 2.95. The third kappa shape index (κ3) is 3.65. The maximum absolute atomic E-state index is 11.6. The van der Waals surface area contributed by atoms with Crippen LogP contribution >= 0.6 is 0 Å². The quantitative estimate of drug-likeness (QED) is 0.692. The van der Waals surface area contributed by atoms with Crippen LogP contribution in [0.1, 0.15) is 25.8 Å². The molecule has 0 unspecified atom stereocenters. The van der Waals surface area contributed by atoms with E-state index in [9.17, 15) is 4.79 Å². The van der Waals surface area contributed by atoms with E-state index in [1.807, 2.05) is 56.3 Å². The zero-order chi connectivity index (χ0) is 16.9. The molecule has 3 rings (SSSR count). The van der Waals surface area contributed by atoms with E-state index in [0.29, 0.717) is 12.4 Å². The van der Waals surface area contributed by atoms with Crippen LogP contribution in [0.5, 0.6) is 0 Å². The van der Waals surface area contributed by atoms with Gasteiger partial charge in [0, 0.05) is 18.0 Å². The van der Waals surface area contributed by atoms with Gasteiger partial charge in [0.25, 0.3) is 0 Å². The number of rotatable bonds is 6. The van der Waals surface area contributed by atoms with Gasteiger partial charge in [0.15, 0.2) is 5.58 Å². The number of fused-ring (bicyclic) bond motifs is 1. The first kappa shape index (κ1) is 16.2. The van der Waals surface area contributed by atoms with Crippen molar-refractivity contribution in [2.75, 3.05) is 6.54 Å². The van der Waals surface area contributed by atoms with Crippen LogP contribution in [0.3, 0.4) is 0 Å². The predicted molar refractivity (Wildman–Crippen MR) is 95.6 cm³/mol. The van der Waals surface area contributed by atoms with Crippen molar-refractivity contribution in [3.8, 4) is 11.5 Å². The molecule has 1 N–H and O–H groups in total. The van der Waals surface area contributed by atoms with E-state index >= 15 is 0 Å². The molecule has 24 heavy (non-hydrogen) atoms. The lowest BCUT2D eigenvalue weighted by atomic mass is 10.1. The molecule has 0 atom stereocenters. The molecule has 0 spiro atoms. The lowest BCUT2D eigenvalue weighted by molar-refractivity contribution is -0.123. The number of benzene rings is 2. The van der Waals surface area contributed by atoms with Gasteiger partial charge < -0.3 is 9.73 Å². The molecule has 0 radical (unpaired) electrons. The first-order valence-electron chi connectivity index (χ1n) is 8.36. The minimum absolute atomic E-state index is 0.0242. The van der Waals surface area contributed by atoms with Crippen molar-refractivity contribution < 1.29 is 9.21 Å². The fraction of sp³-hybridized carbons (Fsp3) is 0.300. The Hall–Kier alpha value is -2.62. The van der Waals surface area contributed by atoms with Crippen molar-refractivity contribution in [1.82, 2.24) is 10.3 Å². The molecule has 0 saturated carbocycles. The highest BCUT2D eigenvalue weighted by molar-refractivity contribution is 5.79. The summed E-state index contributed by atoms with van der Waals surface area (Å²) in [6.45, 7) is 4.47. The summed E-state index contributed by atoms with van der Waals surface area (Å²) in [4.78, 5) is 16.2. The Morgan fingerprint density at radius 1 is 1.12 bits per heavy atom. The summed E-state index contributed by atoms with van der Waals surface area (Å²) in [5.74, 6) is 0.765. The number of oxazole rings is 1. The van der Waals surface area contributed by atoms with Crippen LogP contribution in [0.2, 0.25) is 0 Å². The highest BCUT2D eigenvalue weighted by atomic mass is 16.3. The van der Waals surface area contributed by atoms with Gasteiger partial charge in [-0.1, -0.05) is 44.2 Å². The van der Waals surface area contributed by atoms with Gasteiger partial charge in [0.05, 0.1) is 0 Å². The largest absolute Gasteiger partial charge is 0.436 e. The number of nitrogens with zero attached hydrogens (tertiary/aromatic N) is 1. The second kappa shape index (κ2) is 7.30. The molecular formula is C20H22N2O2. The Morgan fingerprint density at radius 3 is 2.67 bits per heavy atom. The number of hydrogen-bond donors (Lipinski definition) is 1. The van der Waals surface area contributed by atoms with Gasteiger partial charge in [-0.15, -0.1) is 0 Å². The normalized spacial score (nSPS) is 11.1. The van der Waals surface area contributed by atoms with Crippen LogP contribution < -0.4 is 5.32 Å². The SMILES string of the molecule is CC(C)C(=O)NCCCc1cccc2nc(-c3ccccc3)oc12. The summed E-state index contributed by atoms with van der Waals surface area (Å²) >= 11 is 0. The van der Waals surface area contributed by atoms with Crippen LogP contribution in [0.25, 0.3) is 22.6 Å². The Balaban J connectivity index is 1.72. The van der Waals surface area contributed by atoms with E-state index in [-0.39, 0.29) is 11.8 Å². The number of aromatic nitrogens is 1. The van der Waals surface area contributed by atoms with Gasteiger partial charge in [-0.25, -0.2) is 4.98 Å². The van der Waals surface area contributed by atoms with Crippen LogP contribution in [-0.4, -0.2) is 17.4 Å². The van der Waals surface area contributed by atoms with Gasteiger partial charge in [0.2, 0.25) is 11.8 Å². The number of carbonyl (C=O) groups excluding carboxylic acids is 1. The second-order valence-electron chi connectivity index (χ2n) is 6.20. The molecule has 124 valence electrons. The maximum atomic E-state index is 11.6. The minimum atomic E-state index is 0.0242. The lowest BCUT2D eigenvalue weighted by Crippen LogP contribution is -2.28. The molecule has 0 aliphatic carbocycles. The van der Waals surface area contributed by atoms with E-state index in [1.54, 1.807) is 0 Å². The molecule has 1 aromatic heterocycles.